The Morgan fingerprint density at radius 1 is 1.55 bits per heavy atom. The molecule has 2 rings (SSSR count). The molecule has 2 amide bonds. The van der Waals surface area contributed by atoms with Crippen LogP contribution in [0.2, 0.25) is 5.02 Å². The van der Waals surface area contributed by atoms with Gasteiger partial charge in [-0.1, -0.05) is 17.7 Å². The maximum atomic E-state index is 13.3. The number of hydrogen-bond acceptors (Lipinski definition) is 3. The number of benzene rings is 1. The second-order valence-corrected chi connectivity index (χ2v) is 6.06. The number of carbonyl (C=O) groups excluding carboxylic acids is 1. The number of amides is 2. The molecule has 7 heteroatoms. The van der Waals surface area contributed by atoms with Crippen molar-refractivity contribution in [3.63, 3.8) is 0 Å². The number of rotatable bonds is 5. The van der Waals surface area contributed by atoms with Crippen LogP contribution in [0.5, 0.6) is 0 Å². The number of hydrogen-bond donors (Lipinski definition) is 3. The largest absolute Gasteiger partial charge is 0.387 e. The number of nitrogens with one attached hydrogen (secondary N) is 2. The summed E-state index contributed by atoms with van der Waals surface area (Å²) < 4.78 is 18.9. The van der Waals surface area contributed by atoms with Crippen molar-refractivity contribution >= 4 is 17.6 Å². The molecule has 0 aliphatic carbocycles. The summed E-state index contributed by atoms with van der Waals surface area (Å²) in [6, 6.07) is 3.64. The first kappa shape index (κ1) is 17.0. The highest BCUT2D eigenvalue weighted by molar-refractivity contribution is 6.30. The average molecular weight is 331 g/mol. The van der Waals surface area contributed by atoms with Crippen LogP contribution < -0.4 is 10.6 Å². The Labute approximate surface area is 133 Å². The molecule has 1 aromatic carbocycles. The van der Waals surface area contributed by atoms with E-state index in [0.717, 1.165) is 18.9 Å². The highest BCUT2D eigenvalue weighted by Gasteiger charge is 2.30. The number of carbonyl (C=O) groups is 1. The van der Waals surface area contributed by atoms with E-state index in [1.165, 1.54) is 12.1 Å². The smallest absolute Gasteiger partial charge is 0.314 e. The minimum absolute atomic E-state index is 0.00791. The minimum atomic E-state index is -1.00. The lowest BCUT2D eigenvalue weighted by atomic mass is 10.0. The van der Waals surface area contributed by atoms with E-state index >= 15 is 0 Å². The van der Waals surface area contributed by atoms with Crippen LogP contribution in [-0.4, -0.2) is 36.4 Å². The maximum absolute atomic E-state index is 13.3. The van der Waals surface area contributed by atoms with E-state index in [9.17, 15) is 14.3 Å². The first-order valence-corrected chi connectivity index (χ1v) is 7.56. The molecule has 0 bridgehead atoms. The number of ether oxygens (including phenoxy) is 1. The fourth-order valence-corrected chi connectivity index (χ4v) is 2.45. The van der Waals surface area contributed by atoms with E-state index in [-0.39, 0.29) is 17.2 Å². The van der Waals surface area contributed by atoms with E-state index in [4.69, 9.17) is 16.3 Å². The Hall–Kier alpha value is -1.37. The average Bonchev–Trinajstić information content (AvgIpc) is 2.93. The number of halogens is 2. The Kier molecular flexibility index (Phi) is 5.61. The second kappa shape index (κ2) is 7.26. The van der Waals surface area contributed by atoms with Gasteiger partial charge in [0.05, 0.1) is 16.7 Å². The van der Waals surface area contributed by atoms with Crippen LogP contribution in [0.25, 0.3) is 0 Å². The van der Waals surface area contributed by atoms with Gasteiger partial charge >= 0.3 is 6.03 Å². The van der Waals surface area contributed by atoms with Crippen molar-refractivity contribution in [1.29, 1.82) is 0 Å². The van der Waals surface area contributed by atoms with E-state index in [1.807, 2.05) is 6.92 Å². The zero-order valence-electron chi connectivity index (χ0n) is 12.4. The monoisotopic (exact) mass is 330 g/mol. The van der Waals surface area contributed by atoms with Gasteiger partial charge in [0.2, 0.25) is 0 Å². The molecule has 0 unspecified atom stereocenters. The van der Waals surface area contributed by atoms with Crippen LogP contribution in [0.3, 0.4) is 0 Å². The second-order valence-electron chi connectivity index (χ2n) is 5.65. The molecule has 1 aromatic rings. The number of urea groups is 1. The molecule has 1 fully saturated rings. The molecule has 0 spiro atoms. The molecular weight excluding hydrogens is 311 g/mol. The summed E-state index contributed by atoms with van der Waals surface area (Å²) >= 11 is 5.58. The number of aliphatic hydroxyl groups is 1. The lowest BCUT2D eigenvalue weighted by molar-refractivity contribution is 0.0228. The Balaban J connectivity index is 1.76. The summed E-state index contributed by atoms with van der Waals surface area (Å²) in [5, 5.41) is 15.2. The zero-order valence-corrected chi connectivity index (χ0v) is 13.1. The van der Waals surface area contributed by atoms with Gasteiger partial charge in [-0.15, -0.1) is 0 Å². The van der Waals surface area contributed by atoms with Crippen LogP contribution >= 0.6 is 11.6 Å². The van der Waals surface area contributed by atoms with E-state index in [2.05, 4.69) is 10.6 Å². The molecule has 0 saturated carbocycles. The van der Waals surface area contributed by atoms with Gasteiger partial charge in [-0.25, -0.2) is 9.18 Å². The van der Waals surface area contributed by atoms with Crippen molar-refractivity contribution < 1.29 is 19.0 Å². The molecule has 3 N–H and O–H groups in total. The zero-order chi connectivity index (χ0) is 16.2. The summed E-state index contributed by atoms with van der Waals surface area (Å²) in [7, 11) is 0. The Morgan fingerprint density at radius 2 is 2.32 bits per heavy atom. The molecule has 2 atom stereocenters. The van der Waals surface area contributed by atoms with Gasteiger partial charge in [-0.2, -0.15) is 0 Å². The van der Waals surface area contributed by atoms with Crippen LogP contribution in [0.15, 0.2) is 18.2 Å². The molecule has 1 aliphatic heterocycles. The third-order valence-electron chi connectivity index (χ3n) is 3.71. The van der Waals surface area contributed by atoms with Gasteiger partial charge in [-0.3, -0.25) is 0 Å². The van der Waals surface area contributed by atoms with Crippen molar-refractivity contribution in [3.05, 3.63) is 34.6 Å². The molecule has 22 heavy (non-hydrogen) atoms. The van der Waals surface area contributed by atoms with Gasteiger partial charge < -0.3 is 20.5 Å². The molecule has 1 aliphatic rings. The predicted molar refractivity (Wildman–Crippen MR) is 81.4 cm³/mol. The highest BCUT2D eigenvalue weighted by Crippen LogP contribution is 2.24. The van der Waals surface area contributed by atoms with Gasteiger partial charge in [0.1, 0.15) is 5.82 Å². The minimum Gasteiger partial charge on any atom is -0.387 e. The normalized spacial score (nSPS) is 22.4. The molecule has 0 radical (unpaired) electrons. The van der Waals surface area contributed by atoms with E-state index < -0.39 is 18.0 Å². The predicted octanol–water partition coefficient (Wildman–Crippen LogP) is 2.38. The van der Waals surface area contributed by atoms with Crippen molar-refractivity contribution in [3.8, 4) is 0 Å². The standard InChI is InChI=1S/C15H20ClFN2O3/c1-15(5-2-6-22-15)9-19-14(21)18-8-13(20)10-3-4-11(16)12(17)7-10/h3-4,7,13,20H,2,5-6,8-9H2,1H3,(H2,18,19,21)/t13-,15+/m0/s1. The van der Waals surface area contributed by atoms with Crippen LogP contribution in [0, 0.1) is 5.82 Å². The van der Waals surface area contributed by atoms with Gasteiger partial charge in [0.15, 0.2) is 0 Å². The Morgan fingerprint density at radius 3 is 2.95 bits per heavy atom. The molecular formula is C15H20ClFN2O3. The molecule has 5 nitrogen and oxygen atoms in total. The molecule has 1 saturated heterocycles. The lowest BCUT2D eigenvalue weighted by Gasteiger charge is -2.23. The van der Waals surface area contributed by atoms with Crippen molar-refractivity contribution in [1.82, 2.24) is 10.6 Å². The van der Waals surface area contributed by atoms with Gasteiger partial charge in [0.25, 0.3) is 0 Å². The summed E-state index contributed by atoms with van der Waals surface area (Å²) in [4.78, 5) is 11.7. The molecule has 1 heterocycles. The highest BCUT2D eigenvalue weighted by atomic mass is 35.5. The topological polar surface area (TPSA) is 70.6 Å². The fraction of sp³-hybridized carbons (Fsp3) is 0.533. The first-order valence-electron chi connectivity index (χ1n) is 7.18. The summed E-state index contributed by atoms with van der Waals surface area (Å²) in [6.07, 6.45) is 0.886. The van der Waals surface area contributed by atoms with Crippen molar-refractivity contribution in [2.45, 2.75) is 31.5 Å². The SMILES string of the molecule is C[C@]1(CNC(=O)NC[C@H](O)c2ccc(Cl)c(F)c2)CCCO1. The maximum Gasteiger partial charge on any atom is 0.314 e. The van der Waals surface area contributed by atoms with E-state index in [1.54, 1.807) is 0 Å². The van der Waals surface area contributed by atoms with Crippen molar-refractivity contribution in [2.24, 2.45) is 0 Å². The number of aliphatic hydroxyl groups excluding tert-OH is 1. The fourth-order valence-electron chi connectivity index (χ4n) is 2.33. The lowest BCUT2D eigenvalue weighted by Crippen LogP contribution is -2.45. The quantitative estimate of drug-likeness (QED) is 0.776. The van der Waals surface area contributed by atoms with Crippen LogP contribution in [0.4, 0.5) is 9.18 Å². The van der Waals surface area contributed by atoms with Gasteiger partial charge in [-0.05, 0) is 37.5 Å². The van der Waals surface area contributed by atoms with Crippen molar-refractivity contribution in [2.75, 3.05) is 19.7 Å². The van der Waals surface area contributed by atoms with Gasteiger partial charge in [0, 0.05) is 19.7 Å². The summed E-state index contributed by atoms with van der Waals surface area (Å²) in [5.74, 6) is -0.603. The first-order chi connectivity index (χ1) is 10.4. The van der Waals surface area contributed by atoms with Crippen LogP contribution in [-0.2, 0) is 4.74 Å². The third-order valence-corrected chi connectivity index (χ3v) is 4.01. The molecule has 122 valence electrons. The van der Waals surface area contributed by atoms with E-state index in [0.29, 0.717) is 18.7 Å². The summed E-state index contributed by atoms with van der Waals surface area (Å²) in [5.41, 5.74) is 0.0308. The summed E-state index contributed by atoms with van der Waals surface area (Å²) in [6.45, 7) is 3.04. The third kappa shape index (κ3) is 4.56. The van der Waals surface area contributed by atoms with Crippen LogP contribution in [0.1, 0.15) is 31.4 Å². The Bertz CT molecular complexity index is 536. The molecule has 0 aromatic heterocycles.